The van der Waals surface area contributed by atoms with Crippen LogP contribution in [0.4, 0.5) is 5.69 Å². The Kier molecular flexibility index (Phi) is 30.6. The first kappa shape index (κ1) is 67.5. The minimum atomic E-state index is -1.51. The number of carboxylic acids is 1. The quantitative estimate of drug-likeness (QED) is 0.0170. The maximum atomic E-state index is 14.1. The highest BCUT2D eigenvalue weighted by molar-refractivity contribution is 5.98. The van der Waals surface area contributed by atoms with Crippen molar-refractivity contribution < 1.29 is 71.9 Å². The van der Waals surface area contributed by atoms with Gasteiger partial charge in [0.05, 0.1) is 97.3 Å². The zero-order chi connectivity index (χ0) is 61.0. The van der Waals surface area contributed by atoms with Crippen LogP contribution in [-0.4, -0.2) is 175 Å². The van der Waals surface area contributed by atoms with Crippen molar-refractivity contribution in [1.82, 2.24) is 31.9 Å². The van der Waals surface area contributed by atoms with Crippen molar-refractivity contribution in [2.24, 2.45) is 22.4 Å². The van der Waals surface area contributed by atoms with E-state index in [0.717, 1.165) is 22.4 Å². The molecule has 11 N–H and O–H groups in total. The van der Waals surface area contributed by atoms with Crippen LogP contribution in [0.5, 0.6) is 0 Å². The molecule has 1 fully saturated rings. The lowest BCUT2D eigenvalue weighted by molar-refractivity contribution is -0.140. The topological polar surface area (TPSA) is 360 Å². The standard InChI is InChI=1S/C60H80N10O15/c61-60(62)65-25-10-17-47-58(79)66-40-54(74)67-49(39-56(76)77)51(71)38-46(37-42-11-2-1-3-12-42)57(78)68-48(59(80)69-47)16-8-9-24-63-52(72)22-27-81-29-31-83-33-35-85-36-34-84-32-30-82-28-23-53(73)64-26-21-55(75)70-41-45-15-5-4-13-43(45)19-20-44-14-6-7-18-50(44)70/h1-7,11-15,18,46-49H,8-10,16-17,21-41H2,(H,63,72)(H,64,73)(H,66,79)(H,67,74)(H,68,78)(H,69,80)(H,76,77)(H4,61,62,65)/t46-,47-,48?,49-/m0/s1. The van der Waals surface area contributed by atoms with Crippen LogP contribution in [0.1, 0.15) is 86.5 Å². The van der Waals surface area contributed by atoms with E-state index in [0.29, 0.717) is 64.6 Å². The molecule has 3 aromatic rings. The van der Waals surface area contributed by atoms with Gasteiger partial charge in [0.2, 0.25) is 41.4 Å². The fourth-order valence-electron chi connectivity index (χ4n) is 8.94. The Morgan fingerprint density at radius 1 is 0.612 bits per heavy atom. The Morgan fingerprint density at radius 2 is 1.16 bits per heavy atom. The van der Waals surface area contributed by atoms with Gasteiger partial charge in [0, 0.05) is 62.4 Å². The molecule has 3 aromatic carbocycles. The van der Waals surface area contributed by atoms with E-state index in [1.165, 1.54) is 0 Å². The lowest BCUT2D eigenvalue weighted by Crippen LogP contribution is -2.55. The lowest BCUT2D eigenvalue weighted by atomic mass is 9.90. The van der Waals surface area contributed by atoms with Crippen molar-refractivity contribution in [2.75, 3.05) is 97.1 Å². The number of fused-ring (bicyclic) bond motifs is 2. The molecule has 4 atom stereocenters. The zero-order valence-electron chi connectivity index (χ0n) is 47.9. The highest BCUT2D eigenvalue weighted by Gasteiger charge is 2.34. The maximum absolute atomic E-state index is 14.1. The van der Waals surface area contributed by atoms with E-state index in [-0.39, 0.29) is 115 Å². The molecule has 5 rings (SSSR count). The smallest absolute Gasteiger partial charge is 0.305 e. The van der Waals surface area contributed by atoms with Crippen LogP contribution < -0.4 is 48.3 Å². The number of nitrogens with one attached hydrogen (secondary N) is 6. The molecule has 85 heavy (non-hydrogen) atoms. The number of carboxylic acid groups (broad SMARTS) is 1. The van der Waals surface area contributed by atoms with Gasteiger partial charge in [-0.3, -0.25) is 48.1 Å². The van der Waals surface area contributed by atoms with Gasteiger partial charge in [-0.15, -0.1) is 0 Å². The van der Waals surface area contributed by atoms with Crippen LogP contribution in [0.2, 0.25) is 0 Å². The number of hydrogen-bond acceptors (Lipinski definition) is 15. The average Bonchev–Trinajstić information content (AvgIpc) is 3.69. The van der Waals surface area contributed by atoms with Crippen LogP contribution >= 0.6 is 0 Å². The summed E-state index contributed by atoms with van der Waals surface area (Å²) in [7, 11) is 0. The second-order valence-corrected chi connectivity index (χ2v) is 20.0. The van der Waals surface area contributed by atoms with Gasteiger partial charge in [-0.2, -0.15) is 0 Å². The number of aliphatic carboxylic acids is 1. The Labute approximate surface area is 494 Å². The van der Waals surface area contributed by atoms with Crippen molar-refractivity contribution in [3.63, 3.8) is 0 Å². The largest absolute Gasteiger partial charge is 0.481 e. The van der Waals surface area contributed by atoms with Crippen molar-refractivity contribution >= 4 is 64.7 Å². The van der Waals surface area contributed by atoms with E-state index < -0.39 is 78.8 Å². The first-order valence-electron chi connectivity index (χ1n) is 28.6. The Hall–Kier alpha value is -8.28. The second kappa shape index (κ2) is 38.6. The average molecular weight is 1180 g/mol. The molecule has 0 spiro atoms. The fraction of sp³-hybridized carbons (Fsp3) is 0.500. The van der Waals surface area contributed by atoms with E-state index in [9.17, 15) is 48.3 Å². The number of ketones is 1. The Morgan fingerprint density at radius 3 is 1.81 bits per heavy atom. The molecule has 7 amide bonds. The number of carbonyl (C=O) groups is 9. The summed E-state index contributed by atoms with van der Waals surface area (Å²) < 4.78 is 27.7. The summed E-state index contributed by atoms with van der Waals surface area (Å²) in [5.41, 5.74) is 14.9. The maximum Gasteiger partial charge on any atom is 0.305 e. The predicted molar refractivity (Wildman–Crippen MR) is 312 cm³/mol. The molecule has 2 aliphatic rings. The lowest BCUT2D eigenvalue weighted by Gasteiger charge is -2.26. The van der Waals surface area contributed by atoms with Gasteiger partial charge < -0.3 is 77.1 Å². The molecule has 1 saturated heterocycles. The molecule has 0 bridgehead atoms. The minimum Gasteiger partial charge on any atom is -0.481 e. The SMILES string of the molecule is NC(N)=NCCC[C@@H]1NC(=O)C(CCCCNC(=O)CCOCCOCCOCCOCCOCCC(=O)NCCC(=O)N2Cc3ccccc3C#Cc3ccccc32)NC(=O)[C@@H](Cc2ccccc2)CC(=O)[C@H](CC(=O)O)NC(=O)CNC1=O. The van der Waals surface area contributed by atoms with Crippen LogP contribution in [0.15, 0.2) is 83.9 Å². The number of Topliss-reactive ketones (excluding diaryl/α,β-unsaturated/α-hetero) is 1. The Balaban J connectivity index is 0.910. The van der Waals surface area contributed by atoms with Crippen LogP contribution in [-0.2, 0) is 79.8 Å². The number of ether oxygens (including phenoxy) is 5. The predicted octanol–water partition coefficient (Wildman–Crippen LogP) is 0.520. The third-order valence-corrected chi connectivity index (χ3v) is 13.4. The molecular formula is C60H80N10O15. The van der Waals surface area contributed by atoms with Gasteiger partial charge in [-0.05, 0) is 67.9 Å². The molecule has 1 unspecified atom stereocenters. The van der Waals surface area contributed by atoms with Crippen molar-refractivity contribution in [3.05, 3.63) is 101 Å². The highest BCUT2D eigenvalue weighted by atomic mass is 16.6. The summed E-state index contributed by atoms with van der Waals surface area (Å²) in [6.45, 7) is 3.17. The first-order valence-corrected chi connectivity index (χ1v) is 28.6. The van der Waals surface area contributed by atoms with Crippen LogP contribution in [0, 0.1) is 17.8 Å². The van der Waals surface area contributed by atoms with Gasteiger partial charge in [-0.25, -0.2) is 0 Å². The number of unbranched alkanes of at least 4 members (excludes halogenated alkanes) is 1. The summed E-state index contributed by atoms with van der Waals surface area (Å²) in [6, 6.07) is 20.2. The molecule has 460 valence electrons. The first-order chi connectivity index (χ1) is 41.2. The molecule has 0 radical (unpaired) electrons. The summed E-state index contributed by atoms with van der Waals surface area (Å²) in [5.74, 6) is -0.530. The van der Waals surface area contributed by atoms with Gasteiger partial charge in [0.15, 0.2) is 11.7 Å². The van der Waals surface area contributed by atoms with Crippen molar-refractivity contribution in [1.29, 1.82) is 0 Å². The van der Waals surface area contributed by atoms with Crippen LogP contribution in [0.3, 0.4) is 0 Å². The second-order valence-electron chi connectivity index (χ2n) is 20.0. The number of amides is 7. The molecule has 0 aromatic heterocycles. The number of anilines is 1. The van der Waals surface area contributed by atoms with Gasteiger partial charge in [-0.1, -0.05) is 72.5 Å². The molecule has 25 heteroatoms. The van der Waals surface area contributed by atoms with E-state index in [2.05, 4.69) is 48.7 Å². The number of benzene rings is 3. The number of rotatable bonds is 34. The monoisotopic (exact) mass is 1180 g/mol. The Bertz CT molecular complexity index is 2770. The van der Waals surface area contributed by atoms with E-state index in [4.69, 9.17) is 35.2 Å². The van der Waals surface area contributed by atoms with Gasteiger partial charge in [0.1, 0.15) is 12.1 Å². The van der Waals surface area contributed by atoms with Gasteiger partial charge in [0.25, 0.3) is 0 Å². The number of hydrogen-bond donors (Lipinski definition) is 9. The number of aliphatic imine (C=N–C) groups is 1. The number of nitrogens with two attached hydrogens (primary N) is 2. The van der Waals surface area contributed by atoms with E-state index in [1.807, 2.05) is 48.5 Å². The number of nitrogens with zero attached hydrogens (tertiary/aromatic N) is 2. The molecule has 2 heterocycles. The molecule has 25 nitrogen and oxygen atoms in total. The summed E-state index contributed by atoms with van der Waals surface area (Å²) in [5, 5.41) is 25.4. The fourth-order valence-corrected chi connectivity index (χ4v) is 8.94. The third-order valence-electron chi connectivity index (χ3n) is 13.4. The van der Waals surface area contributed by atoms with Crippen molar-refractivity contribution in [3.8, 4) is 11.8 Å². The minimum absolute atomic E-state index is 0.0364. The molecule has 0 aliphatic carbocycles. The van der Waals surface area contributed by atoms with E-state index >= 15 is 0 Å². The normalized spacial score (nSPS) is 17.3. The van der Waals surface area contributed by atoms with Crippen molar-refractivity contribution in [2.45, 2.75) is 95.3 Å². The number of para-hydroxylation sites is 1. The number of carbonyl (C=O) groups excluding carboxylic acids is 8. The summed E-state index contributed by atoms with van der Waals surface area (Å²) >= 11 is 0. The zero-order valence-corrected chi connectivity index (χ0v) is 47.9. The molecule has 0 saturated carbocycles. The summed E-state index contributed by atoms with van der Waals surface area (Å²) in [4.78, 5) is 124. The highest BCUT2D eigenvalue weighted by Crippen LogP contribution is 2.26. The van der Waals surface area contributed by atoms with Crippen LogP contribution in [0.25, 0.3) is 0 Å². The third kappa shape index (κ3) is 26.5. The molecule has 2 aliphatic heterocycles. The van der Waals surface area contributed by atoms with Gasteiger partial charge >= 0.3 is 5.97 Å². The summed E-state index contributed by atoms with van der Waals surface area (Å²) in [6.07, 6.45) is 0.269. The number of guanidine groups is 1. The van der Waals surface area contributed by atoms with E-state index in [1.54, 1.807) is 35.2 Å². The molecular weight excluding hydrogens is 1100 g/mol.